The number of hydrogen-bond acceptors (Lipinski definition) is 6. The minimum Gasteiger partial charge on any atom is -0.493 e. The van der Waals surface area contributed by atoms with Crippen molar-refractivity contribution in [2.45, 2.75) is 0 Å². The number of benzene rings is 2. The molecule has 0 radical (unpaired) electrons. The van der Waals surface area contributed by atoms with Crippen molar-refractivity contribution < 1.29 is 23.7 Å². The lowest BCUT2D eigenvalue weighted by Gasteiger charge is -2.12. The molecule has 0 bridgehead atoms. The zero-order chi connectivity index (χ0) is 20.6. The molecule has 0 aliphatic carbocycles. The quantitative estimate of drug-likeness (QED) is 0.436. The number of carbonyl (C=O) groups is 1. The number of ether oxygens (including phenoxy) is 4. The molecule has 0 saturated heterocycles. The van der Waals surface area contributed by atoms with Gasteiger partial charge in [-0.15, -0.1) is 0 Å². The first-order chi connectivity index (χ1) is 14.1. The van der Waals surface area contributed by atoms with E-state index >= 15 is 0 Å². The molecule has 3 rings (SSSR count). The third kappa shape index (κ3) is 4.93. The fourth-order valence-corrected chi connectivity index (χ4v) is 2.66. The molecule has 0 aliphatic rings. The molecule has 0 saturated carbocycles. The smallest absolute Gasteiger partial charge is 0.343 e. The van der Waals surface area contributed by atoms with Crippen molar-refractivity contribution >= 4 is 18.1 Å². The van der Waals surface area contributed by atoms with Crippen LogP contribution in [-0.2, 0) is 0 Å². The Morgan fingerprint density at radius 2 is 1.34 bits per heavy atom. The second-order valence-electron chi connectivity index (χ2n) is 5.98. The molecular weight excluding hydrogens is 370 g/mol. The molecule has 0 atom stereocenters. The lowest BCUT2D eigenvalue weighted by atomic mass is 10.1. The molecule has 0 spiro atoms. The third-order valence-corrected chi connectivity index (χ3v) is 4.18. The maximum absolute atomic E-state index is 12.6. The molecule has 2 aromatic carbocycles. The number of carbonyl (C=O) groups excluding carboxylic acids is 1. The van der Waals surface area contributed by atoms with Gasteiger partial charge in [-0.05, 0) is 53.6 Å². The maximum Gasteiger partial charge on any atom is 0.343 e. The van der Waals surface area contributed by atoms with E-state index in [1.165, 1.54) is 21.3 Å². The van der Waals surface area contributed by atoms with Gasteiger partial charge in [0.15, 0.2) is 23.0 Å². The van der Waals surface area contributed by atoms with Crippen molar-refractivity contribution in [1.82, 2.24) is 4.98 Å². The Balaban J connectivity index is 1.78. The number of hydrogen-bond donors (Lipinski definition) is 0. The average Bonchev–Trinajstić information content (AvgIpc) is 2.78. The largest absolute Gasteiger partial charge is 0.493 e. The Kier molecular flexibility index (Phi) is 6.47. The van der Waals surface area contributed by atoms with Crippen LogP contribution in [-0.4, -0.2) is 32.3 Å². The highest BCUT2D eigenvalue weighted by Gasteiger charge is 2.15. The average molecular weight is 391 g/mol. The predicted molar refractivity (Wildman–Crippen MR) is 111 cm³/mol. The van der Waals surface area contributed by atoms with Crippen LogP contribution in [0.3, 0.4) is 0 Å². The minimum absolute atomic E-state index is 0.327. The van der Waals surface area contributed by atoms with Gasteiger partial charge < -0.3 is 18.9 Å². The van der Waals surface area contributed by atoms with E-state index in [-0.39, 0.29) is 0 Å². The first kappa shape index (κ1) is 19.9. The fraction of sp³-hybridized carbons (Fsp3) is 0.130. The zero-order valence-corrected chi connectivity index (χ0v) is 16.4. The molecule has 0 unspecified atom stereocenters. The normalized spacial score (nSPS) is 10.6. The van der Waals surface area contributed by atoms with E-state index in [1.54, 1.807) is 42.7 Å². The van der Waals surface area contributed by atoms with Crippen molar-refractivity contribution in [2.24, 2.45) is 0 Å². The van der Waals surface area contributed by atoms with Gasteiger partial charge in [0.05, 0.1) is 26.9 Å². The van der Waals surface area contributed by atoms with Gasteiger partial charge in [0.25, 0.3) is 0 Å². The van der Waals surface area contributed by atoms with Crippen LogP contribution in [0.15, 0.2) is 60.9 Å². The van der Waals surface area contributed by atoms with Gasteiger partial charge in [0.2, 0.25) is 0 Å². The monoisotopic (exact) mass is 391 g/mol. The van der Waals surface area contributed by atoms with Crippen molar-refractivity contribution in [1.29, 1.82) is 0 Å². The maximum atomic E-state index is 12.6. The number of aromatic nitrogens is 1. The van der Waals surface area contributed by atoms with Crippen LogP contribution in [0.2, 0.25) is 0 Å². The van der Waals surface area contributed by atoms with Crippen molar-refractivity contribution in [2.75, 3.05) is 21.3 Å². The summed E-state index contributed by atoms with van der Waals surface area (Å²) in [6, 6.07) is 14.0. The third-order valence-electron chi connectivity index (χ3n) is 4.18. The second-order valence-corrected chi connectivity index (χ2v) is 5.98. The number of esters is 1. The van der Waals surface area contributed by atoms with Crippen molar-refractivity contribution in [3.8, 4) is 23.0 Å². The molecule has 148 valence electrons. The molecule has 6 heteroatoms. The number of nitrogens with zero attached hydrogens (tertiary/aromatic N) is 1. The van der Waals surface area contributed by atoms with Crippen LogP contribution in [0.5, 0.6) is 23.0 Å². The molecule has 0 aliphatic heterocycles. The number of rotatable bonds is 7. The molecule has 1 heterocycles. The highest BCUT2D eigenvalue weighted by Crippen LogP contribution is 2.31. The van der Waals surface area contributed by atoms with Gasteiger partial charge >= 0.3 is 5.97 Å². The van der Waals surface area contributed by atoms with Crippen LogP contribution in [0.1, 0.15) is 21.5 Å². The van der Waals surface area contributed by atoms with Crippen LogP contribution in [0.4, 0.5) is 0 Å². The topological polar surface area (TPSA) is 66.9 Å². The van der Waals surface area contributed by atoms with Crippen LogP contribution in [0, 0.1) is 0 Å². The summed E-state index contributed by atoms with van der Waals surface area (Å²) >= 11 is 0. The molecule has 0 fully saturated rings. The second kappa shape index (κ2) is 9.41. The van der Waals surface area contributed by atoms with Crippen LogP contribution < -0.4 is 18.9 Å². The Morgan fingerprint density at radius 1 is 0.724 bits per heavy atom. The van der Waals surface area contributed by atoms with Gasteiger partial charge in [-0.25, -0.2) is 4.79 Å². The van der Waals surface area contributed by atoms with Gasteiger partial charge in [-0.1, -0.05) is 18.2 Å². The molecule has 0 amide bonds. The summed E-state index contributed by atoms with van der Waals surface area (Å²) in [5.74, 6) is 1.24. The molecular formula is C23H21NO5. The van der Waals surface area contributed by atoms with Gasteiger partial charge in [-0.3, -0.25) is 4.98 Å². The Morgan fingerprint density at radius 3 is 2.03 bits per heavy atom. The van der Waals surface area contributed by atoms with E-state index in [0.29, 0.717) is 28.6 Å². The van der Waals surface area contributed by atoms with E-state index in [4.69, 9.17) is 18.9 Å². The molecule has 0 N–H and O–H groups in total. The van der Waals surface area contributed by atoms with Crippen LogP contribution >= 0.6 is 0 Å². The number of methoxy groups -OCH3 is 3. The Bertz CT molecular complexity index is 1020. The SMILES string of the molecule is COc1ccc(C(=O)Oc2ccc(/C=C/c3ccncc3)cc2OC)cc1OC. The summed E-state index contributed by atoms with van der Waals surface area (Å²) < 4.78 is 21.3. The summed E-state index contributed by atoms with van der Waals surface area (Å²) in [7, 11) is 4.57. The molecule has 3 aromatic rings. The van der Waals surface area contributed by atoms with Crippen LogP contribution in [0.25, 0.3) is 12.2 Å². The number of pyridine rings is 1. The summed E-state index contributed by atoms with van der Waals surface area (Å²) in [6.45, 7) is 0. The highest BCUT2D eigenvalue weighted by molar-refractivity contribution is 5.92. The lowest BCUT2D eigenvalue weighted by molar-refractivity contribution is 0.0729. The summed E-state index contributed by atoms with van der Waals surface area (Å²) in [5, 5.41) is 0. The Labute approximate surface area is 169 Å². The summed E-state index contributed by atoms with van der Waals surface area (Å²) in [4.78, 5) is 16.5. The van der Waals surface area contributed by atoms with Gasteiger partial charge in [-0.2, -0.15) is 0 Å². The molecule has 1 aromatic heterocycles. The minimum atomic E-state index is -0.524. The van der Waals surface area contributed by atoms with Crippen molar-refractivity contribution in [3.05, 3.63) is 77.6 Å². The highest BCUT2D eigenvalue weighted by atomic mass is 16.6. The van der Waals surface area contributed by atoms with E-state index in [1.807, 2.05) is 30.4 Å². The zero-order valence-electron chi connectivity index (χ0n) is 16.4. The molecule has 29 heavy (non-hydrogen) atoms. The predicted octanol–water partition coefficient (Wildman–Crippen LogP) is 4.50. The fourth-order valence-electron chi connectivity index (χ4n) is 2.66. The first-order valence-corrected chi connectivity index (χ1v) is 8.85. The lowest BCUT2D eigenvalue weighted by Crippen LogP contribution is -2.09. The summed E-state index contributed by atoms with van der Waals surface area (Å²) in [6.07, 6.45) is 7.37. The standard InChI is InChI=1S/C23H21NO5/c1-26-19-9-7-18(15-22(19)28-3)23(25)29-20-8-6-17(14-21(20)27-2)5-4-16-10-12-24-13-11-16/h4-15H,1-3H3/b5-4+. The molecule has 6 nitrogen and oxygen atoms in total. The first-order valence-electron chi connectivity index (χ1n) is 8.85. The van der Waals surface area contributed by atoms with E-state index < -0.39 is 5.97 Å². The van der Waals surface area contributed by atoms with E-state index in [0.717, 1.165) is 11.1 Å². The van der Waals surface area contributed by atoms with Crippen molar-refractivity contribution in [3.63, 3.8) is 0 Å². The Hall–Kier alpha value is -3.80. The van der Waals surface area contributed by atoms with Gasteiger partial charge in [0.1, 0.15) is 0 Å². The van der Waals surface area contributed by atoms with E-state index in [2.05, 4.69) is 4.98 Å². The van der Waals surface area contributed by atoms with Gasteiger partial charge in [0, 0.05) is 12.4 Å². The van der Waals surface area contributed by atoms with E-state index in [9.17, 15) is 4.79 Å². The summed E-state index contributed by atoms with van der Waals surface area (Å²) in [5.41, 5.74) is 2.28.